The Morgan fingerprint density at radius 1 is 0.727 bits per heavy atom. The number of hydrogen-bond acceptors (Lipinski definition) is 4. The van der Waals surface area contributed by atoms with Crippen LogP contribution in [0.4, 0.5) is 0 Å². The van der Waals surface area contributed by atoms with Crippen molar-refractivity contribution in [3.8, 4) is 16.9 Å². The lowest BCUT2D eigenvalue weighted by Gasteiger charge is -2.11. The van der Waals surface area contributed by atoms with Gasteiger partial charge in [0, 0.05) is 18.3 Å². The highest BCUT2D eigenvalue weighted by atomic mass is 15.3. The summed E-state index contributed by atoms with van der Waals surface area (Å²) in [6.45, 7) is 3.12. The topological polar surface area (TPSA) is 27.5 Å². The third-order valence-corrected chi connectivity index (χ3v) is 5.81. The first kappa shape index (κ1) is 25.2. The van der Waals surface area contributed by atoms with Gasteiger partial charge in [-0.3, -0.25) is 0 Å². The first-order valence-corrected chi connectivity index (χ1v) is 12.0. The van der Waals surface area contributed by atoms with Crippen LogP contribution in [0, 0.1) is 0 Å². The third-order valence-electron chi connectivity index (χ3n) is 5.81. The fourth-order valence-electron chi connectivity index (χ4n) is 4.14. The Labute approximate surface area is 200 Å². The lowest BCUT2D eigenvalue weighted by Crippen LogP contribution is -2.13. The summed E-state index contributed by atoms with van der Waals surface area (Å²) < 4.78 is 2.06. The molecule has 0 unspecified atom stereocenters. The number of benzene rings is 2. The monoisotopic (exact) mass is 447 g/mol. The molecule has 0 aliphatic heterocycles. The van der Waals surface area contributed by atoms with Crippen LogP contribution in [0.15, 0.2) is 54.7 Å². The van der Waals surface area contributed by atoms with Gasteiger partial charge in [0.15, 0.2) is 0 Å². The molecule has 5 nitrogen and oxygen atoms in total. The molecule has 0 aliphatic carbocycles. The Balaban J connectivity index is 1.85. The Morgan fingerprint density at radius 3 is 2.03 bits per heavy atom. The molecule has 1 aromatic heterocycles. The highest BCUT2D eigenvalue weighted by Gasteiger charge is 2.13. The molecule has 33 heavy (non-hydrogen) atoms. The molecule has 0 saturated carbocycles. The summed E-state index contributed by atoms with van der Waals surface area (Å²) in [5, 5.41) is 5.07. The van der Waals surface area contributed by atoms with Gasteiger partial charge < -0.3 is 14.7 Å². The van der Waals surface area contributed by atoms with Crippen molar-refractivity contribution in [3.05, 3.63) is 71.4 Å². The summed E-state index contributed by atoms with van der Waals surface area (Å²) >= 11 is 0. The van der Waals surface area contributed by atoms with Gasteiger partial charge in [-0.05, 0) is 110 Å². The predicted molar refractivity (Wildman–Crippen MR) is 140 cm³/mol. The molecule has 0 fully saturated rings. The smallest absolute Gasteiger partial charge is 0.0959 e. The fourth-order valence-corrected chi connectivity index (χ4v) is 4.14. The van der Waals surface area contributed by atoms with Gasteiger partial charge >= 0.3 is 0 Å². The summed E-state index contributed by atoms with van der Waals surface area (Å²) in [6, 6.07) is 17.7. The van der Waals surface area contributed by atoms with Gasteiger partial charge in [-0.2, -0.15) is 5.10 Å². The second kappa shape index (κ2) is 12.1. The van der Waals surface area contributed by atoms with E-state index in [1.807, 2.05) is 0 Å². The maximum absolute atomic E-state index is 5.07. The molecule has 0 aliphatic rings. The maximum Gasteiger partial charge on any atom is 0.0959 e. The SMILES string of the molecule is CN(C)CCCc1ccc(-c2nn(-c3cccc(CN(C)C)c3)cc2CCCN(C)C)cc1. The van der Waals surface area contributed by atoms with E-state index in [0.717, 1.165) is 50.3 Å². The summed E-state index contributed by atoms with van der Waals surface area (Å²) in [7, 11) is 12.7. The zero-order chi connectivity index (χ0) is 23.8. The van der Waals surface area contributed by atoms with Crippen molar-refractivity contribution in [2.45, 2.75) is 32.2 Å². The Hall–Kier alpha value is -2.47. The van der Waals surface area contributed by atoms with Gasteiger partial charge in [0.05, 0.1) is 11.4 Å². The first-order valence-electron chi connectivity index (χ1n) is 12.0. The number of rotatable bonds is 12. The fraction of sp³-hybridized carbons (Fsp3) is 0.464. The van der Waals surface area contributed by atoms with Gasteiger partial charge in [0.2, 0.25) is 0 Å². The molecule has 0 N–H and O–H groups in total. The standard InChI is InChI=1S/C28H41N5/c1-30(2)18-8-11-23-14-16-25(17-15-23)28-26(12-9-19-31(3)4)22-33(29-28)27-13-7-10-24(20-27)21-32(5)6/h7,10,13-17,20,22H,8-9,11-12,18-19,21H2,1-6H3. The molecule has 3 rings (SSSR count). The quantitative estimate of drug-likeness (QED) is 0.406. The van der Waals surface area contributed by atoms with E-state index in [2.05, 4.69) is 116 Å². The molecule has 2 aromatic carbocycles. The van der Waals surface area contributed by atoms with Gasteiger partial charge in [-0.15, -0.1) is 0 Å². The van der Waals surface area contributed by atoms with Gasteiger partial charge in [0.25, 0.3) is 0 Å². The normalized spacial score (nSPS) is 11.8. The molecule has 0 saturated heterocycles. The van der Waals surface area contributed by atoms with Crippen molar-refractivity contribution in [1.82, 2.24) is 24.5 Å². The summed E-state index contributed by atoms with van der Waals surface area (Å²) in [5.41, 5.74) is 7.43. The number of nitrogens with zero attached hydrogens (tertiary/aromatic N) is 5. The third kappa shape index (κ3) is 7.81. The molecule has 1 heterocycles. The Bertz CT molecular complexity index is 986. The molecule has 0 bridgehead atoms. The van der Waals surface area contributed by atoms with Crippen LogP contribution in [0.5, 0.6) is 0 Å². The van der Waals surface area contributed by atoms with E-state index in [1.54, 1.807) is 0 Å². The molecular weight excluding hydrogens is 406 g/mol. The minimum absolute atomic E-state index is 0.924. The minimum atomic E-state index is 0.924. The van der Waals surface area contributed by atoms with Crippen molar-refractivity contribution in [1.29, 1.82) is 0 Å². The molecule has 5 heteroatoms. The first-order chi connectivity index (χ1) is 15.8. The molecule has 0 amide bonds. The molecule has 178 valence electrons. The van der Waals surface area contributed by atoms with Crippen LogP contribution in [0.2, 0.25) is 0 Å². The van der Waals surface area contributed by atoms with E-state index >= 15 is 0 Å². The van der Waals surface area contributed by atoms with Crippen LogP contribution < -0.4 is 0 Å². The predicted octanol–water partition coefficient (Wildman–Crippen LogP) is 4.59. The van der Waals surface area contributed by atoms with Crippen molar-refractivity contribution in [3.63, 3.8) is 0 Å². The van der Waals surface area contributed by atoms with Crippen LogP contribution in [-0.2, 0) is 19.4 Å². The van der Waals surface area contributed by atoms with Crippen molar-refractivity contribution >= 4 is 0 Å². The van der Waals surface area contributed by atoms with Crippen molar-refractivity contribution in [2.24, 2.45) is 0 Å². The largest absolute Gasteiger partial charge is 0.309 e. The Morgan fingerprint density at radius 2 is 1.39 bits per heavy atom. The van der Waals surface area contributed by atoms with E-state index in [1.165, 1.54) is 28.7 Å². The summed E-state index contributed by atoms with van der Waals surface area (Å²) in [6.07, 6.45) is 6.66. The number of hydrogen-bond donors (Lipinski definition) is 0. The van der Waals surface area contributed by atoms with Gasteiger partial charge in [0.1, 0.15) is 0 Å². The minimum Gasteiger partial charge on any atom is -0.309 e. The Kier molecular flexibility index (Phi) is 9.24. The van der Waals surface area contributed by atoms with Crippen molar-refractivity contribution in [2.75, 3.05) is 55.4 Å². The number of aryl methyl sites for hydroxylation is 2. The van der Waals surface area contributed by atoms with E-state index < -0.39 is 0 Å². The lowest BCUT2D eigenvalue weighted by atomic mass is 10.0. The molecule has 0 radical (unpaired) electrons. The zero-order valence-corrected chi connectivity index (χ0v) is 21.4. The zero-order valence-electron chi connectivity index (χ0n) is 21.4. The average molecular weight is 448 g/mol. The highest BCUT2D eigenvalue weighted by Crippen LogP contribution is 2.26. The second-order valence-electron chi connectivity index (χ2n) is 9.87. The molecule has 3 aromatic rings. The maximum atomic E-state index is 5.07. The van der Waals surface area contributed by atoms with Gasteiger partial charge in [-0.25, -0.2) is 4.68 Å². The lowest BCUT2D eigenvalue weighted by molar-refractivity contribution is 0.400. The van der Waals surface area contributed by atoms with Crippen LogP contribution in [0.25, 0.3) is 16.9 Å². The van der Waals surface area contributed by atoms with Gasteiger partial charge in [-0.1, -0.05) is 36.4 Å². The van der Waals surface area contributed by atoms with Crippen LogP contribution in [0.3, 0.4) is 0 Å². The van der Waals surface area contributed by atoms with E-state index in [9.17, 15) is 0 Å². The average Bonchev–Trinajstić information content (AvgIpc) is 3.18. The molecule has 0 spiro atoms. The van der Waals surface area contributed by atoms with E-state index in [4.69, 9.17) is 5.10 Å². The number of aromatic nitrogens is 2. The molecule has 0 atom stereocenters. The van der Waals surface area contributed by atoms with Crippen LogP contribution in [-0.4, -0.2) is 79.9 Å². The second-order valence-corrected chi connectivity index (χ2v) is 9.87. The van der Waals surface area contributed by atoms with Crippen LogP contribution >= 0.6 is 0 Å². The van der Waals surface area contributed by atoms with E-state index in [-0.39, 0.29) is 0 Å². The molecular formula is C28H41N5. The van der Waals surface area contributed by atoms with E-state index in [0.29, 0.717) is 0 Å². The van der Waals surface area contributed by atoms with Crippen molar-refractivity contribution < 1.29 is 0 Å². The summed E-state index contributed by atoms with van der Waals surface area (Å²) in [4.78, 5) is 6.69. The highest BCUT2D eigenvalue weighted by molar-refractivity contribution is 5.63. The summed E-state index contributed by atoms with van der Waals surface area (Å²) in [5.74, 6) is 0. The van der Waals surface area contributed by atoms with Crippen LogP contribution in [0.1, 0.15) is 29.5 Å².